The smallest absolute Gasteiger partial charge is 0.304 e. The molecule has 0 saturated heterocycles. The van der Waals surface area contributed by atoms with Crippen LogP contribution in [0.5, 0.6) is 0 Å². The molecule has 0 saturated carbocycles. The van der Waals surface area contributed by atoms with Crippen molar-refractivity contribution < 1.29 is 26.8 Å². The molecule has 0 radical (unpaired) electrons. The van der Waals surface area contributed by atoms with E-state index in [2.05, 4.69) is 10.3 Å². The van der Waals surface area contributed by atoms with Crippen LogP contribution in [0, 0.1) is 6.92 Å². The van der Waals surface area contributed by atoms with Gasteiger partial charge in [0, 0.05) is 0 Å². The van der Waals surface area contributed by atoms with Crippen molar-refractivity contribution in [2.45, 2.75) is 27.1 Å². The quantitative estimate of drug-likeness (QED) is 0.774. The molecule has 1 aromatic heterocycles. The summed E-state index contributed by atoms with van der Waals surface area (Å²) in [5.41, 5.74) is -0.823. The Labute approximate surface area is 102 Å². The summed E-state index contributed by atoms with van der Waals surface area (Å²) >= 11 is 0. The van der Waals surface area contributed by atoms with Crippen LogP contribution < -0.4 is 5.44 Å². The van der Waals surface area contributed by atoms with Crippen molar-refractivity contribution in [2.24, 2.45) is 0 Å². The van der Waals surface area contributed by atoms with Crippen molar-refractivity contribution >= 4 is 13.0 Å². The van der Waals surface area contributed by atoms with Crippen LogP contribution in [0.15, 0.2) is 0 Å². The molecule has 0 unspecified atom stereocenters. The van der Waals surface area contributed by atoms with E-state index >= 15 is 0 Å². The lowest BCUT2D eigenvalue weighted by Crippen LogP contribution is -2.22. The molecule has 0 N–H and O–H groups in total. The highest BCUT2D eigenvalue weighted by Crippen LogP contribution is 2.47. The van der Waals surface area contributed by atoms with Crippen LogP contribution in [0.2, 0.25) is 0 Å². The Hall–Kier alpha value is -0.920. The molecular formula is C8H13F3N3O3P. The van der Waals surface area contributed by atoms with Crippen LogP contribution in [0.1, 0.15) is 19.5 Å². The average Bonchev–Trinajstić information content (AvgIpc) is 2.60. The maximum Gasteiger partial charge on any atom is 0.506 e. The minimum absolute atomic E-state index is 0.0234. The van der Waals surface area contributed by atoms with Gasteiger partial charge in [0.2, 0.25) is 0 Å². The van der Waals surface area contributed by atoms with E-state index in [4.69, 9.17) is 9.05 Å². The van der Waals surface area contributed by atoms with E-state index in [9.17, 15) is 17.7 Å². The molecule has 104 valence electrons. The predicted molar refractivity (Wildman–Crippen MR) is 56.5 cm³/mol. The number of rotatable bonds is 5. The van der Waals surface area contributed by atoms with Crippen molar-refractivity contribution in [3.63, 3.8) is 0 Å². The van der Waals surface area contributed by atoms with E-state index in [0.717, 1.165) is 6.92 Å². The van der Waals surface area contributed by atoms with Gasteiger partial charge in [0.05, 0.1) is 18.9 Å². The highest BCUT2D eigenvalue weighted by molar-refractivity contribution is 7.62. The van der Waals surface area contributed by atoms with Gasteiger partial charge in [0.25, 0.3) is 0 Å². The fourth-order valence-corrected chi connectivity index (χ4v) is 2.95. The Morgan fingerprint density at radius 3 is 2.11 bits per heavy atom. The van der Waals surface area contributed by atoms with Gasteiger partial charge in [0.1, 0.15) is 0 Å². The molecule has 0 aliphatic heterocycles. The van der Waals surface area contributed by atoms with Crippen LogP contribution in [0.3, 0.4) is 0 Å². The first-order chi connectivity index (χ1) is 8.26. The Kier molecular flexibility index (Phi) is 4.52. The topological polar surface area (TPSA) is 66.2 Å². The Morgan fingerprint density at radius 1 is 1.28 bits per heavy atom. The largest absolute Gasteiger partial charge is 0.506 e. The monoisotopic (exact) mass is 287 g/mol. The molecule has 0 aromatic carbocycles. The normalized spacial score (nSPS) is 13.0. The van der Waals surface area contributed by atoms with Crippen molar-refractivity contribution in [1.82, 2.24) is 15.0 Å². The summed E-state index contributed by atoms with van der Waals surface area (Å²) < 4.78 is 59.3. The average molecular weight is 287 g/mol. The van der Waals surface area contributed by atoms with Gasteiger partial charge >= 0.3 is 13.9 Å². The van der Waals surface area contributed by atoms with Gasteiger partial charge in [-0.3, -0.25) is 4.57 Å². The predicted octanol–water partition coefficient (Wildman–Crippen LogP) is 1.95. The molecule has 0 aliphatic rings. The van der Waals surface area contributed by atoms with Crippen LogP contribution in [0.25, 0.3) is 0 Å². The van der Waals surface area contributed by atoms with Gasteiger partial charge in [-0.2, -0.15) is 4.68 Å². The second-order valence-electron chi connectivity index (χ2n) is 3.21. The van der Waals surface area contributed by atoms with Crippen molar-refractivity contribution in [3.8, 4) is 0 Å². The zero-order valence-corrected chi connectivity index (χ0v) is 11.0. The summed E-state index contributed by atoms with van der Waals surface area (Å²) in [6.07, 6.45) is -4.72. The second kappa shape index (κ2) is 5.38. The number of halogens is 3. The lowest BCUT2D eigenvalue weighted by molar-refractivity contribution is -0.214. The van der Waals surface area contributed by atoms with Crippen LogP contribution in [-0.4, -0.2) is 28.2 Å². The fraction of sp³-hybridized carbons (Fsp3) is 0.750. The molecule has 10 heteroatoms. The summed E-state index contributed by atoms with van der Waals surface area (Å²) in [6.45, 7) is 4.25. The lowest BCUT2D eigenvalue weighted by Gasteiger charge is -2.15. The molecule has 1 heterocycles. The first kappa shape index (κ1) is 15.1. The van der Waals surface area contributed by atoms with Crippen LogP contribution in [-0.2, 0) is 19.9 Å². The molecule has 0 atom stereocenters. The molecule has 0 amide bonds. The SMILES string of the molecule is CCOP(=O)(OCC)c1nnn(C(F)(F)F)c1C. The molecule has 18 heavy (non-hydrogen) atoms. The molecule has 1 rings (SSSR count). The summed E-state index contributed by atoms with van der Waals surface area (Å²) in [5, 5.41) is 6.20. The fourth-order valence-electron chi connectivity index (χ4n) is 1.31. The summed E-state index contributed by atoms with van der Waals surface area (Å²) in [6, 6.07) is 0. The Balaban J connectivity index is 3.24. The summed E-state index contributed by atoms with van der Waals surface area (Å²) in [5.74, 6) is 0. The highest BCUT2D eigenvalue weighted by atomic mass is 31.2. The first-order valence-corrected chi connectivity index (χ1v) is 6.69. The van der Waals surface area contributed by atoms with Gasteiger partial charge in [-0.1, -0.05) is 5.21 Å². The third-order valence-corrected chi connectivity index (χ3v) is 4.10. The highest BCUT2D eigenvalue weighted by Gasteiger charge is 2.40. The maximum atomic E-state index is 12.5. The van der Waals surface area contributed by atoms with E-state index in [1.54, 1.807) is 13.8 Å². The van der Waals surface area contributed by atoms with Gasteiger partial charge in [-0.25, -0.2) is 0 Å². The summed E-state index contributed by atoms with van der Waals surface area (Å²) in [4.78, 5) is 0. The van der Waals surface area contributed by atoms with Crippen LogP contribution in [0.4, 0.5) is 13.2 Å². The number of hydrogen-bond acceptors (Lipinski definition) is 5. The maximum absolute atomic E-state index is 12.5. The lowest BCUT2D eigenvalue weighted by atomic mass is 10.5. The number of alkyl halides is 3. The zero-order valence-electron chi connectivity index (χ0n) is 10.1. The van der Waals surface area contributed by atoms with Gasteiger partial charge in [-0.05, 0) is 20.8 Å². The number of aromatic nitrogens is 3. The minimum atomic E-state index is -4.72. The number of nitrogens with zero attached hydrogens (tertiary/aromatic N) is 3. The molecule has 6 nitrogen and oxygen atoms in total. The van der Waals surface area contributed by atoms with Gasteiger partial charge in [-0.15, -0.1) is 18.3 Å². The molecule has 0 fully saturated rings. The number of hydrogen-bond donors (Lipinski definition) is 0. The molecule has 1 aromatic rings. The molecule has 0 spiro atoms. The Morgan fingerprint density at radius 2 is 1.78 bits per heavy atom. The minimum Gasteiger partial charge on any atom is -0.304 e. The molecular weight excluding hydrogens is 274 g/mol. The Bertz CT molecular complexity index is 450. The van der Waals surface area contributed by atoms with Crippen molar-refractivity contribution in [3.05, 3.63) is 5.69 Å². The van der Waals surface area contributed by atoms with Gasteiger partial charge in [0.15, 0.2) is 5.44 Å². The molecule has 0 bridgehead atoms. The van der Waals surface area contributed by atoms with E-state index in [0.29, 0.717) is 0 Å². The van der Waals surface area contributed by atoms with Crippen molar-refractivity contribution in [2.75, 3.05) is 13.2 Å². The van der Waals surface area contributed by atoms with Crippen molar-refractivity contribution in [1.29, 1.82) is 0 Å². The third kappa shape index (κ3) is 2.90. The third-order valence-electron chi connectivity index (χ3n) is 1.97. The first-order valence-electron chi connectivity index (χ1n) is 5.15. The second-order valence-corrected chi connectivity index (χ2v) is 5.15. The standard InChI is InChI=1S/C8H13F3N3O3P/c1-4-16-18(15,17-5-2)7-6(3)14(13-12-7)8(9,10)11/h4-5H2,1-3H3. The summed E-state index contributed by atoms with van der Waals surface area (Å²) in [7, 11) is -3.85. The van der Waals surface area contributed by atoms with Gasteiger partial charge < -0.3 is 9.05 Å². The van der Waals surface area contributed by atoms with E-state index in [-0.39, 0.29) is 17.9 Å². The molecule has 0 aliphatic carbocycles. The van der Waals surface area contributed by atoms with E-state index in [1.165, 1.54) is 0 Å². The van der Waals surface area contributed by atoms with E-state index in [1.807, 2.05) is 0 Å². The zero-order chi connectivity index (χ0) is 14.0. The van der Waals surface area contributed by atoms with E-state index < -0.39 is 25.0 Å². The van der Waals surface area contributed by atoms with Crippen LogP contribution >= 0.6 is 7.60 Å².